The third-order valence-electron chi connectivity index (χ3n) is 3.58. The Morgan fingerprint density at radius 2 is 1.93 bits per heavy atom. The van der Waals surface area contributed by atoms with Crippen molar-refractivity contribution in [3.05, 3.63) is 50.4 Å². The number of carbonyl (C=O) groups is 1. The molecule has 6 nitrogen and oxygen atoms in total. The van der Waals surface area contributed by atoms with Crippen LogP contribution in [0.5, 0.6) is 17.2 Å². The van der Waals surface area contributed by atoms with E-state index in [2.05, 4.69) is 42.4 Å². The predicted molar refractivity (Wildman–Crippen MR) is 117 cm³/mol. The van der Waals surface area contributed by atoms with Gasteiger partial charge in [0.2, 0.25) is 0 Å². The normalized spacial score (nSPS) is 10.8. The average molecular weight is 514 g/mol. The molecule has 1 N–H and O–H groups in total. The molecule has 2 rings (SSSR count). The predicted octanol–water partition coefficient (Wildman–Crippen LogP) is 5.17. The third-order valence-corrected chi connectivity index (χ3v) is 4.63. The number of hydrazone groups is 1. The minimum atomic E-state index is -0.354. The van der Waals surface area contributed by atoms with Gasteiger partial charge in [0.25, 0.3) is 5.91 Å². The SMILES string of the molecule is CCCOc1ccc(C(=O)N/N=C/c2cc(Br)cc(Br)c2OC)cc1OCC. The summed E-state index contributed by atoms with van der Waals surface area (Å²) in [5.74, 6) is 1.42. The van der Waals surface area contributed by atoms with Crippen LogP contribution in [0.4, 0.5) is 0 Å². The van der Waals surface area contributed by atoms with Crippen molar-refractivity contribution in [1.29, 1.82) is 0 Å². The van der Waals surface area contributed by atoms with E-state index in [1.54, 1.807) is 25.3 Å². The molecule has 0 radical (unpaired) electrons. The second kappa shape index (κ2) is 11.1. The molecule has 1 amide bonds. The Morgan fingerprint density at radius 3 is 2.61 bits per heavy atom. The first-order chi connectivity index (χ1) is 13.5. The third kappa shape index (κ3) is 5.97. The van der Waals surface area contributed by atoms with Crippen molar-refractivity contribution in [2.75, 3.05) is 20.3 Å². The van der Waals surface area contributed by atoms with Crippen molar-refractivity contribution in [3.63, 3.8) is 0 Å². The number of hydrogen-bond donors (Lipinski definition) is 1. The Kier molecular flexibility index (Phi) is 8.79. The summed E-state index contributed by atoms with van der Waals surface area (Å²) in [6.45, 7) is 4.96. The maximum Gasteiger partial charge on any atom is 0.271 e. The minimum absolute atomic E-state index is 0.354. The molecule has 2 aromatic rings. The Morgan fingerprint density at radius 1 is 1.14 bits per heavy atom. The highest BCUT2D eigenvalue weighted by Gasteiger charge is 2.12. The highest BCUT2D eigenvalue weighted by molar-refractivity contribution is 9.11. The van der Waals surface area contributed by atoms with E-state index in [1.165, 1.54) is 6.21 Å². The van der Waals surface area contributed by atoms with E-state index in [0.717, 1.165) is 15.4 Å². The van der Waals surface area contributed by atoms with Crippen LogP contribution in [-0.4, -0.2) is 32.4 Å². The lowest BCUT2D eigenvalue weighted by Crippen LogP contribution is -2.18. The van der Waals surface area contributed by atoms with Crippen LogP contribution < -0.4 is 19.6 Å². The molecular formula is C20H22Br2N2O4. The Balaban J connectivity index is 2.15. The first-order valence-electron chi connectivity index (χ1n) is 8.76. The van der Waals surface area contributed by atoms with Gasteiger partial charge in [0.15, 0.2) is 11.5 Å². The fourth-order valence-corrected chi connectivity index (χ4v) is 3.79. The maximum absolute atomic E-state index is 12.4. The fourth-order valence-electron chi connectivity index (χ4n) is 2.37. The Bertz CT molecular complexity index is 856. The number of halogens is 2. The summed E-state index contributed by atoms with van der Waals surface area (Å²) in [6.07, 6.45) is 2.41. The standard InChI is InChI=1S/C20H22Br2N2O4/c1-4-8-28-17-7-6-13(10-18(17)27-5-2)20(25)24-23-12-14-9-15(21)11-16(22)19(14)26-3/h6-7,9-12H,4-5,8H2,1-3H3,(H,24,25)/b23-12+. The van der Waals surface area contributed by atoms with Crippen molar-refractivity contribution in [3.8, 4) is 17.2 Å². The van der Waals surface area contributed by atoms with E-state index in [0.29, 0.717) is 41.6 Å². The minimum Gasteiger partial charge on any atom is -0.495 e. The molecule has 0 bridgehead atoms. The molecule has 2 aromatic carbocycles. The van der Waals surface area contributed by atoms with Gasteiger partial charge in [-0.15, -0.1) is 0 Å². The fraction of sp³-hybridized carbons (Fsp3) is 0.300. The second-order valence-corrected chi connectivity index (χ2v) is 7.42. The summed E-state index contributed by atoms with van der Waals surface area (Å²) < 4.78 is 18.2. The number of methoxy groups -OCH3 is 1. The van der Waals surface area contributed by atoms with Crippen LogP contribution in [0.1, 0.15) is 36.2 Å². The van der Waals surface area contributed by atoms with E-state index in [1.807, 2.05) is 26.0 Å². The molecular weight excluding hydrogens is 492 g/mol. The quantitative estimate of drug-likeness (QED) is 0.371. The van der Waals surface area contributed by atoms with Crippen LogP contribution in [0, 0.1) is 0 Å². The summed E-state index contributed by atoms with van der Waals surface area (Å²) in [7, 11) is 1.57. The summed E-state index contributed by atoms with van der Waals surface area (Å²) >= 11 is 6.85. The average Bonchev–Trinajstić information content (AvgIpc) is 2.66. The van der Waals surface area contributed by atoms with Gasteiger partial charge in [0.05, 0.1) is 31.0 Å². The number of ether oxygens (including phenoxy) is 3. The van der Waals surface area contributed by atoms with Crippen LogP contribution >= 0.6 is 31.9 Å². The van der Waals surface area contributed by atoms with Gasteiger partial charge in [0.1, 0.15) is 5.75 Å². The zero-order valence-electron chi connectivity index (χ0n) is 15.9. The highest BCUT2D eigenvalue weighted by atomic mass is 79.9. The van der Waals surface area contributed by atoms with Crippen LogP contribution in [0.25, 0.3) is 0 Å². The highest BCUT2D eigenvalue weighted by Crippen LogP contribution is 2.32. The first-order valence-corrected chi connectivity index (χ1v) is 10.3. The monoisotopic (exact) mass is 512 g/mol. The molecule has 0 aliphatic rings. The molecule has 0 fully saturated rings. The molecule has 0 spiro atoms. The zero-order valence-corrected chi connectivity index (χ0v) is 19.1. The number of benzene rings is 2. The molecule has 0 aromatic heterocycles. The smallest absolute Gasteiger partial charge is 0.271 e. The second-order valence-electron chi connectivity index (χ2n) is 5.65. The van der Waals surface area contributed by atoms with Gasteiger partial charge in [-0.2, -0.15) is 5.10 Å². The Labute approximate surface area is 181 Å². The summed E-state index contributed by atoms with van der Waals surface area (Å²) in [6, 6.07) is 8.76. The number of carbonyl (C=O) groups excluding carboxylic acids is 1. The lowest BCUT2D eigenvalue weighted by molar-refractivity contribution is 0.0954. The molecule has 28 heavy (non-hydrogen) atoms. The van der Waals surface area contributed by atoms with E-state index in [9.17, 15) is 4.79 Å². The number of hydrogen-bond acceptors (Lipinski definition) is 5. The maximum atomic E-state index is 12.4. The van der Waals surface area contributed by atoms with E-state index < -0.39 is 0 Å². The number of nitrogens with one attached hydrogen (secondary N) is 1. The van der Waals surface area contributed by atoms with Gasteiger partial charge in [-0.25, -0.2) is 5.43 Å². The Hall–Kier alpha value is -2.06. The molecule has 0 saturated carbocycles. The van der Waals surface area contributed by atoms with Crippen molar-refractivity contribution >= 4 is 44.0 Å². The summed E-state index contributed by atoms with van der Waals surface area (Å²) in [5, 5.41) is 4.04. The lowest BCUT2D eigenvalue weighted by atomic mass is 10.2. The van der Waals surface area contributed by atoms with Crippen molar-refractivity contribution in [2.24, 2.45) is 5.10 Å². The van der Waals surface area contributed by atoms with E-state index >= 15 is 0 Å². The van der Waals surface area contributed by atoms with Crippen LogP contribution in [-0.2, 0) is 0 Å². The van der Waals surface area contributed by atoms with Crippen LogP contribution in [0.15, 0.2) is 44.4 Å². The number of amides is 1. The molecule has 0 atom stereocenters. The largest absolute Gasteiger partial charge is 0.495 e. The topological polar surface area (TPSA) is 69.2 Å². The molecule has 0 aliphatic carbocycles. The van der Waals surface area contributed by atoms with Crippen molar-refractivity contribution < 1.29 is 19.0 Å². The number of nitrogens with zero attached hydrogens (tertiary/aromatic N) is 1. The van der Waals surface area contributed by atoms with Crippen molar-refractivity contribution in [2.45, 2.75) is 20.3 Å². The molecule has 0 unspecified atom stereocenters. The van der Waals surface area contributed by atoms with Gasteiger partial charge in [-0.05, 0) is 59.6 Å². The van der Waals surface area contributed by atoms with Gasteiger partial charge in [-0.3, -0.25) is 4.79 Å². The molecule has 8 heteroatoms. The van der Waals surface area contributed by atoms with Gasteiger partial charge in [-0.1, -0.05) is 22.9 Å². The molecule has 0 heterocycles. The molecule has 0 saturated heterocycles. The van der Waals surface area contributed by atoms with Crippen LogP contribution in [0.2, 0.25) is 0 Å². The van der Waals surface area contributed by atoms with Gasteiger partial charge >= 0.3 is 0 Å². The molecule has 150 valence electrons. The van der Waals surface area contributed by atoms with Gasteiger partial charge in [0, 0.05) is 15.6 Å². The van der Waals surface area contributed by atoms with Crippen LogP contribution in [0.3, 0.4) is 0 Å². The molecule has 0 aliphatic heterocycles. The zero-order chi connectivity index (χ0) is 20.5. The lowest BCUT2D eigenvalue weighted by Gasteiger charge is -2.12. The summed E-state index contributed by atoms with van der Waals surface area (Å²) in [4.78, 5) is 12.4. The first kappa shape index (κ1) is 22.2. The number of rotatable bonds is 9. The van der Waals surface area contributed by atoms with Crippen molar-refractivity contribution in [1.82, 2.24) is 5.43 Å². The van der Waals surface area contributed by atoms with E-state index in [-0.39, 0.29) is 5.91 Å². The summed E-state index contributed by atoms with van der Waals surface area (Å²) in [5.41, 5.74) is 3.65. The van der Waals surface area contributed by atoms with Gasteiger partial charge < -0.3 is 14.2 Å². The van der Waals surface area contributed by atoms with E-state index in [4.69, 9.17) is 14.2 Å².